The molecule has 1 aliphatic rings. The van der Waals surface area contributed by atoms with Gasteiger partial charge in [0, 0.05) is 0 Å². The van der Waals surface area contributed by atoms with Gasteiger partial charge >= 0.3 is 5.97 Å². The molecule has 2 aromatic carbocycles. The van der Waals surface area contributed by atoms with Gasteiger partial charge in [0.1, 0.15) is 0 Å². The number of anilines is 1. The first-order valence-corrected chi connectivity index (χ1v) is 11.9. The van der Waals surface area contributed by atoms with E-state index in [-0.39, 0.29) is 23.1 Å². The molecule has 4 rings (SSSR count). The first-order valence-electron chi connectivity index (χ1n) is 10.7. The number of amides is 1. The Morgan fingerprint density at radius 1 is 1.12 bits per heavy atom. The van der Waals surface area contributed by atoms with Gasteiger partial charge in [0.05, 0.1) is 27.3 Å². The van der Waals surface area contributed by atoms with Gasteiger partial charge in [-0.1, -0.05) is 54.5 Å². The summed E-state index contributed by atoms with van der Waals surface area (Å²) < 4.78 is 6.09. The van der Waals surface area contributed by atoms with E-state index in [9.17, 15) is 9.59 Å². The molecule has 0 radical (unpaired) electrons. The summed E-state index contributed by atoms with van der Waals surface area (Å²) in [6.45, 7) is 3.63. The highest BCUT2D eigenvalue weighted by Crippen LogP contribution is 2.41. The summed E-state index contributed by atoms with van der Waals surface area (Å²) in [6, 6.07) is 15.1. The van der Waals surface area contributed by atoms with Crippen LogP contribution in [0.1, 0.15) is 55.5 Å². The van der Waals surface area contributed by atoms with Crippen molar-refractivity contribution in [1.82, 2.24) is 10.3 Å². The first-order chi connectivity index (χ1) is 15.4. The summed E-state index contributed by atoms with van der Waals surface area (Å²) in [5.41, 5.74) is 1.69. The van der Waals surface area contributed by atoms with Crippen molar-refractivity contribution in [2.24, 2.45) is 0 Å². The summed E-state index contributed by atoms with van der Waals surface area (Å²) in [5, 5.41) is 6.68. The highest BCUT2D eigenvalue weighted by Gasteiger charge is 2.42. The van der Waals surface area contributed by atoms with Gasteiger partial charge in [0.25, 0.3) is 0 Å². The molecule has 32 heavy (non-hydrogen) atoms. The lowest BCUT2D eigenvalue weighted by atomic mass is 9.78. The Hall–Kier alpha value is -2.84. The van der Waals surface area contributed by atoms with Gasteiger partial charge in [-0.25, -0.2) is 9.78 Å². The number of nitrogens with one attached hydrogen (secondary N) is 2. The van der Waals surface area contributed by atoms with Crippen LogP contribution in [0, 0.1) is 0 Å². The number of ether oxygens (including phenoxy) is 1. The number of rotatable bonds is 5. The molecule has 0 aliphatic heterocycles. The molecule has 1 aliphatic carbocycles. The van der Waals surface area contributed by atoms with Gasteiger partial charge in [-0.15, -0.1) is 0 Å². The molecule has 1 amide bonds. The first kappa shape index (κ1) is 22.4. The normalized spacial score (nSPS) is 15.0. The Labute approximate surface area is 196 Å². The Morgan fingerprint density at radius 2 is 1.84 bits per heavy atom. The largest absolute Gasteiger partial charge is 0.459 e. The van der Waals surface area contributed by atoms with Crippen molar-refractivity contribution in [2.45, 2.75) is 51.0 Å². The molecule has 0 unspecified atom stereocenters. The molecule has 166 valence electrons. The van der Waals surface area contributed by atoms with Crippen LogP contribution < -0.4 is 10.6 Å². The van der Waals surface area contributed by atoms with E-state index in [0.717, 1.165) is 41.5 Å². The summed E-state index contributed by atoms with van der Waals surface area (Å²) in [4.78, 5) is 29.9. The maximum atomic E-state index is 13.2. The average molecular weight is 468 g/mol. The zero-order valence-corrected chi connectivity index (χ0v) is 19.6. The molecule has 1 heterocycles. The number of carbonyl (C=O) groups is 2. The molecule has 0 spiro atoms. The molecule has 1 fully saturated rings. The molecule has 0 saturated heterocycles. The maximum Gasteiger partial charge on any atom is 0.338 e. The number of benzene rings is 2. The van der Waals surface area contributed by atoms with Crippen molar-refractivity contribution in [3.05, 3.63) is 59.7 Å². The minimum absolute atomic E-state index is 0.0847. The minimum atomic E-state index is -0.549. The molecule has 1 aromatic heterocycles. The van der Waals surface area contributed by atoms with Crippen LogP contribution in [0.3, 0.4) is 0 Å². The van der Waals surface area contributed by atoms with Crippen molar-refractivity contribution in [3.63, 3.8) is 0 Å². The molecular weight excluding hydrogens is 442 g/mol. The van der Waals surface area contributed by atoms with Crippen LogP contribution in [0.5, 0.6) is 0 Å². The van der Waals surface area contributed by atoms with Crippen molar-refractivity contribution >= 4 is 55.9 Å². The number of thiocarbonyl (C=S) groups is 1. The van der Waals surface area contributed by atoms with Gasteiger partial charge < -0.3 is 15.4 Å². The predicted octanol–water partition coefficient (Wildman–Crippen LogP) is 5.19. The second-order valence-corrected chi connectivity index (χ2v) is 9.66. The lowest BCUT2D eigenvalue weighted by Gasteiger charge is -2.28. The zero-order valence-electron chi connectivity index (χ0n) is 18.0. The summed E-state index contributed by atoms with van der Waals surface area (Å²) in [6.07, 6.45) is 3.46. The summed E-state index contributed by atoms with van der Waals surface area (Å²) >= 11 is 6.78. The lowest BCUT2D eigenvalue weighted by molar-refractivity contribution is -0.125. The quantitative estimate of drug-likeness (QED) is 0.397. The van der Waals surface area contributed by atoms with Gasteiger partial charge in [0.15, 0.2) is 10.2 Å². The molecule has 3 aromatic rings. The number of esters is 1. The smallest absolute Gasteiger partial charge is 0.338 e. The molecule has 2 N–H and O–H groups in total. The van der Waals surface area contributed by atoms with Crippen LogP contribution >= 0.6 is 23.6 Å². The Kier molecular flexibility index (Phi) is 6.53. The molecule has 6 nitrogen and oxygen atoms in total. The summed E-state index contributed by atoms with van der Waals surface area (Å²) in [7, 11) is 0. The highest BCUT2D eigenvalue weighted by molar-refractivity contribution is 7.80. The van der Waals surface area contributed by atoms with Gasteiger partial charge in [-0.3, -0.25) is 4.79 Å². The third kappa shape index (κ3) is 4.66. The third-order valence-electron chi connectivity index (χ3n) is 5.63. The standard InChI is InChI=1S/C24H25N3O3S2/c1-15(2)30-20(28)16-10-11-18-19(14-16)32-23(25-18)27-22(31)26-21(29)24(12-6-7-13-24)17-8-4-3-5-9-17/h3-5,8-11,14-15H,6-7,12-13H2,1-2H3,(H2,25,26,27,29,31). The van der Waals surface area contributed by atoms with E-state index >= 15 is 0 Å². The topological polar surface area (TPSA) is 80.3 Å². The van der Waals surface area contributed by atoms with Gasteiger partial charge in [-0.05, 0) is 62.7 Å². The van der Waals surface area contributed by atoms with E-state index in [4.69, 9.17) is 17.0 Å². The van der Waals surface area contributed by atoms with Crippen LogP contribution in [-0.4, -0.2) is 28.1 Å². The van der Waals surface area contributed by atoms with Crippen molar-refractivity contribution < 1.29 is 14.3 Å². The van der Waals surface area contributed by atoms with Crippen LogP contribution in [0.2, 0.25) is 0 Å². The number of carbonyl (C=O) groups excluding carboxylic acids is 2. The molecule has 8 heteroatoms. The average Bonchev–Trinajstić information content (AvgIpc) is 3.40. The van der Waals surface area contributed by atoms with Crippen molar-refractivity contribution in [2.75, 3.05) is 5.32 Å². The second kappa shape index (κ2) is 9.34. The fourth-order valence-electron chi connectivity index (χ4n) is 4.12. The Bertz CT molecular complexity index is 1150. The number of thiazole rings is 1. The van der Waals surface area contributed by atoms with Crippen LogP contribution in [0.15, 0.2) is 48.5 Å². The predicted molar refractivity (Wildman–Crippen MR) is 131 cm³/mol. The second-order valence-electron chi connectivity index (χ2n) is 8.22. The fourth-order valence-corrected chi connectivity index (χ4v) is 5.28. The molecule has 0 atom stereocenters. The van der Waals surface area contributed by atoms with E-state index in [2.05, 4.69) is 15.6 Å². The molecule has 1 saturated carbocycles. The van der Waals surface area contributed by atoms with Crippen LogP contribution in [0.25, 0.3) is 10.2 Å². The Morgan fingerprint density at radius 3 is 2.53 bits per heavy atom. The van der Waals surface area contributed by atoms with E-state index in [1.165, 1.54) is 11.3 Å². The Balaban J connectivity index is 1.46. The van der Waals surface area contributed by atoms with Gasteiger partial charge in [-0.2, -0.15) is 0 Å². The fraction of sp³-hybridized carbons (Fsp3) is 0.333. The van der Waals surface area contributed by atoms with E-state index in [1.54, 1.807) is 18.2 Å². The number of hydrogen-bond donors (Lipinski definition) is 2. The summed E-state index contributed by atoms with van der Waals surface area (Å²) in [5.74, 6) is -0.450. The zero-order chi connectivity index (χ0) is 22.7. The monoisotopic (exact) mass is 467 g/mol. The van der Waals surface area contributed by atoms with Crippen molar-refractivity contribution in [3.8, 4) is 0 Å². The number of fused-ring (bicyclic) bond motifs is 1. The third-order valence-corrected chi connectivity index (χ3v) is 6.77. The SMILES string of the molecule is CC(C)OC(=O)c1ccc2nc(NC(=S)NC(=O)C3(c4ccccc4)CCCC3)sc2c1. The minimum Gasteiger partial charge on any atom is -0.459 e. The highest BCUT2D eigenvalue weighted by atomic mass is 32.1. The maximum absolute atomic E-state index is 13.2. The number of aromatic nitrogens is 1. The van der Waals surface area contributed by atoms with Gasteiger partial charge in [0.2, 0.25) is 5.91 Å². The van der Waals surface area contributed by atoms with Crippen LogP contribution in [0.4, 0.5) is 5.13 Å². The lowest BCUT2D eigenvalue weighted by Crippen LogP contribution is -2.46. The van der Waals surface area contributed by atoms with E-state index in [0.29, 0.717) is 10.7 Å². The molecular formula is C24H25N3O3S2. The van der Waals surface area contributed by atoms with Crippen molar-refractivity contribution in [1.29, 1.82) is 0 Å². The van der Waals surface area contributed by atoms with Crippen LogP contribution in [-0.2, 0) is 14.9 Å². The van der Waals surface area contributed by atoms with E-state index in [1.807, 2.05) is 44.2 Å². The number of nitrogens with zero attached hydrogens (tertiary/aromatic N) is 1. The van der Waals surface area contributed by atoms with E-state index < -0.39 is 5.41 Å². The molecule has 0 bridgehead atoms. The number of hydrogen-bond acceptors (Lipinski definition) is 6.